The van der Waals surface area contributed by atoms with Crippen LogP contribution in [0.25, 0.3) is 0 Å². The highest BCUT2D eigenvalue weighted by Crippen LogP contribution is 2.52. The van der Waals surface area contributed by atoms with Crippen molar-refractivity contribution < 1.29 is 18.3 Å². The van der Waals surface area contributed by atoms with Gasteiger partial charge in [0.15, 0.2) is 11.5 Å². The fourth-order valence-corrected chi connectivity index (χ4v) is 5.86. The molecule has 2 nitrogen and oxygen atoms in total. The maximum atomic E-state index is 14.4. The zero-order valence-corrected chi connectivity index (χ0v) is 19.7. The fourth-order valence-electron chi connectivity index (χ4n) is 5.86. The Labute approximate surface area is 188 Å². The van der Waals surface area contributed by atoms with Gasteiger partial charge in [-0.05, 0) is 80.8 Å². The quantitative estimate of drug-likeness (QED) is 0.324. The largest absolute Gasteiger partial charge is 0.490 e. The van der Waals surface area contributed by atoms with E-state index in [9.17, 15) is 8.78 Å². The van der Waals surface area contributed by atoms with Crippen LogP contribution in [0.5, 0.6) is 11.5 Å². The molecule has 0 aliphatic heterocycles. The molecule has 176 valence electrons. The van der Waals surface area contributed by atoms with Crippen LogP contribution in [-0.4, -0.2) is 13.2 Å². The highest BCUT2D eigenvalue weighted by Gasteiger charge is 2.40. The maximum absolute atomic E-state index is 14.4. The molecule has 0 amide bonds. The lowest BCUT2D eigenvalue weighted by molar-refractivity contribution is 0.0371. The van der Waals surface area contributed by atoms with Crippen LogP contribution in [0.1, 0.15) is 104 Å². The average Bonchev–Trinajstić information content (AvgIpc) is 2.81. The molecule has 0 spiro atoms. The van der Waals surface area contributed by atoms with E-state index < -0.39 is 11.6 Å². The molecular formula is C27H42F2O2. The molecule has 0 saturated heterocycles. The predicted octanol–water partition coefficient (Wildman–Crippen LogP) is 8.47. The molecule has 2 saturated carbocycles. The van der Waals surface area contributed by atoms with E-state index in [-0.39, 0.29) is 11.5 Å². The molecule has 1 aromatic carbocycles. The van der Waals surface area contributed by atoms with Crippen LogP contribution in [0.2, 0.25) is 0 Å². The molecule has 0 bridgehead atoms. The van der Waals surface area contributed by atoms with Crippen molar-refractivity contribution in [3.05, 3.63) is 23.8 Å². The van der Waals surface area contributed by atoms with Crippen LogP contribution in [0, 0.1) is 28.9 Å². The Morgan fingerprint density at radius 2 is 1.45 bits per heavy atom. The Morgan fingerprint density at radius 3 is 2.06 bits per heavy atom. The lowest BCUT2D eigenvalue weighted by atomic mass is 9.59. The summed E-state index contributed by atoms with van der Waals surface area (Å²) in [4.78, 5) is 0. The van der Waals surface area contributed by atoms with Crippen molar-refractivity contribution in [2.75, 3.05) is 13.2 Å². The van der Waals surface area contributed by atoms with E-state index in [0.29, 0.717) is 24.5 Å². The Morgan fingerprint density at radius 1 is 0.839 bits per heavy atom. The van der Waals surface area contributed by atoms with Crippen LogP contribution in [0.4, 0.5) is 8.78 Å². The maximum Gasteiger partial charge on any atom is 0.204 e. The van der Waals surface area contributed by atoms with Crippen molar-refractivity contribution in [3.8, 4) is 11.5 Å². The van der Waals surface area contributed by atoms with Gasteiger partial charge in [0.25, 0.3) is 0 Å². The summed E-state index contributed by atoms with van der Waals surface area (Å²) in [7, 11) is 0. The minimum absolute atomic E-state index is 0.00848. The number of hydrogen-bond acceptors (Lipinski definition) is 2. The molecule has 3 rings (SSSR count). The summed E-state index contributed by atoms with van der Waals surface area (Å²) >= 11 is 0. The summed E-state index contributed by atoms with van der Waals surface area (Å²) in [5.41, 5.74) is 0.572. The van der Waals surface area contributed by atoms with Crippen LogP contribution in [0.3, 0.4) is 0 Å². The van der Waals surface area contributed by atoms with Crippen molar-refractivity contribution >= 4 is 0 Å². The average molecular weight is 437 g/mol. The van der Waals surface area contributed by atoms with Gasteiger partial charge in [0.2, 0.25) is 11.6 Å². The molecule has 4 heteroatoms. The van der Waals surface area contributed by atoms with E-state index in [1.807, 2.05) is 6.92 Å². The fraction of sp³-hybridized carbons (Fsp3) is 0.778. The Bertz CT molecular complexity index is 661. The second-order valence-electron chi connectivity index (χ2n) is 9.95. The van der Waals surface area contributed by atoms with Crippen LogP contribution in [0.15, 0.2) is 12.1 Å². The summed E-state index contributed by atoms with van der Waals surface area (Å²) in [5, 5.41) is 0. The van der Waals surface area contributed by atoms with E-state index in [4.69, 9.17) is 9.47 Å². The Hall–Kier alpha value is -1.32. The first-order valence-corrected chi connectivity index (χ1v) is 12.8. The third-order valence-electron chi connectivity index (χ3n) is 7.83. The number of ether oxygens (including phenoxy) is 2. The van der Waals surface area contributed by atoms with Crippen molar-refractivity contribution in [2.45, 2.75) is 104 Å². The zero-order chi connectivity index (χ0) is 22.1. The van der Waals surface area contributed by atoms with E-state index in [2.05, 4.69) is 6.92 Å². The van der Waals surface area contributed by atoms with Gasteiger partial charge < -0.3 is 9.47 Å². The van der Waals surface area contributed by atoms with Gasteiger partial charge >= 0.3 is 0 Å². The van der Waals surface area contributed by atoms with Crippen molar-refractivity contribution in [3.63, 3.8) is 0 Å². The molecule has 0 aromatic heterocycles. The van der Waals surface area contributed by atoms with Crippen LogP contribution in [-0.2, 0) is 0 Å². The molecule has 31 heavy (non-hydrogen) atoms. The molecule has 0 unspecified atom stereocenters. The summed E-state index contributed by atoms with van der Waals surface area (Å²) in [6, 6.07) is 2.99. The number of halogens is 2. The first kappa shape index (κ1) is 24.3. The van der Waals surface area contributed by atoms with Crippen molar-refractivity contribution in [1.29, 1.82) is 0 Å². The van der Waals surface area contributed by atoms with Gasteiger partial charge in [0, 0.05) is 0 Å². The van der Waals surface area contributed by atoms with Gasteiger partial charge in [-0.3, -0.25) is 0 Å². The van der Waals surface area contributed by atoms with E-state index >= 15 is 0 Å². The predicted molar refractivity (Wildman–Crippen MR) is 123 cm³/mol. The van der Waals surface area contributed by atoms with Gasteiger partial charge in [-0.25, -0.2) is 0 Å². The van der Waals surface area contributed by atoms with E-state index in [1.165, 1.54) is 76.3 Å². The van der Waals surface area contributed by atoms with E-state index in [0.717, 1.165) is 31.6 Å². The van der Waals surface area contributed by atoms with Crippen molar-refractivity contribution in [2.24, 2.45) is 17.3 Å². The molecule has 0 N–H and O–H groups in total. The normalized spacial score (nSPS) is 23.5. The smallest absolute Gasteiger partial charge is 0.204 e. The highest BCUT2D eigenvalue weighted by atomic mass is 19.2. The van der Waals surface area contributed by atoms with Gasteiger partial charge in [-0.1, -0.05) is 52.4 Å². The number of rotatable bonds is 11. The minimum atomic E-state index is -0.938. The topological polar surface area (TPSA) is 18.5 Å². The summed E-state index contributed by atoms with van der Waals surface area (Å²) in [5.74, 6) is -0.607. The summed E-state index contributed by atoms with van der Waals surface area (Å²) in [6.07, 6.45) is 17.6. The highest BCUT2D eigenvalue weighted by molar-refractivity contribution is 5.35. The van der Waals surface area contributed by atoms with Gasteiger partial charge in [-0.15, -0.1) is 0 Å². The molecule has 0 atom stereocenters. The third-order valence-corrected chi connectivity index (χ3v) is 7.83. The van der Waals surface area contributed by atoms with Crippen molar-refractivity contribution in [1.82, 2.24) is 0 Å². The summed E-state index contributed by atoms with van der Waals surface area (Å²) < 4.78 is 39.8. The zero-order valence-electron chi connectivity index (χ0n) is 19.7. The van der Waals surface area contributed by atoms with Crippen LogP contribution >= 0.6 is 0 Å². The Balaban J connectivity index is 1.50. The molecule has 1 aromatic rings. The van der Waals surface area contributed by atoms with Crippen LogP contribution < -0.4 is 9.47 Å². The second kappa shape index (κ2) is 12.1. The number of hydrogen-bond donors (Lipinski definition) is 0. The minimum Gasteiger partial charge on any atom is -0.490 e. The SMILES string of the molecule is CCCCOc1ccc(OC[C@H]2CC[C@H](C3(CCCC)CCCCC3)CC2)c(F)c1F. The van der Waals surface area contributed by atoms with Gasteiger partial charge in [-0.2, -0.15) is 8.78 Å². The monoisotopic (exact) mass is 436 g/mol. The first-order valence-electron chi connectivity index (χ1n) is 12.8. The van der Waals surface area contributed by atoms with Gasteiger partial charge in [0.05, 0.1) is 13.2 Å². The molecule has 0 heterocycles. The molecule has 2 aliphatic rings. The molecule has 2 aliphatic carbocycles. The molecule has 2 fully saturated rings. The summed E-state index contributed by atoms with van der Waals surface area (Å²) in [6.45, 7) is 5.21. The Kier molecular flexibility index (Phi) is 9.47. The second-order valence-corrected chi connectivity index (χ2v) is 9.95. The molecule has 0 radical (unpaired) electrons. The lowest BCUT2D eigenvalue weighted by Crippen LogP contribution is -2.36. The third kappa shape index (κ3) is 6.35. The lowest BCUT2D eigenvalue weighted by Gasteiger charge is -2.47. The standard InChI is InChI=1S/C27H42F2O2/c1-3-5-16-27(17-8-7-9-18-27)22-12-10-21(11-13-22)20-31-24-15-14-23(25(28)26(24)29)30-19-6-4-2/h14-15,21-22H,3-13,16-20H2,1-2H3/t21-,22-. The number of unbranched alkanes of at least 4 members (excludes halogenated alkanes) is 2. The van der Waals surface area contributed by atoms with E-state index in [1.54, 1.807) is 0 Å². The first-order chi connectivity index (χ1) is 15.1. The number of benzene rings is 1. The molecular weight excluding hydrogens is 394 g/mol. The van der Waals surface area contributed by atoms with Gasteiger partial charge in [0.1, 0.15) is 0 Å².